The van der Waals surface area contributed by atoms with Crippen LogP contribution in [0.5, 0.6) is 5.75 Å². The number of methoxy groups -OCH3 is 1. The lowest BCUT2D eigenvalue weighted by atomic mass is 10.3. The zero-order valence-electron chi connectivity index (χ0n) is 11.8. The van der Waals surface area contributed by atoms with E-state index >= 15 is 0 Å². The largest absolute Gasteiger partial charge is 0.495 e. The van der Waals surface area contributed by atoms with Crippen LogP contribution in [0.2, 0.25) is 19.6 Å². The Morgan fingerprint density at radius 3 is 2.68 bits per heavy atom. The molecule has 0 radical (unpaired) electrons. The molecule has 0 saturated heterocycles. The Hall–Kier alpha value is -1.27. The Bertz CT molecular complexity index is 551. The SMILES string of the molecule is COc1ccccc1-n1cnnc1SC[Si](C)(C)C. The summed E-state index contributed by atoms with van der Waals surface area (Å²) in [4.78, 5) is 0. The molecule has 0 atom stereocenters. The highest BCUT2D eigenvalue weighted by molar-refractivity contribution is 8.00. The van der Waals surface area contributed by atoms with Crippen LogP contribution in [0, 0.1) is 0 Å². The van der Waals surface area contributed by atoms with Gasteiger partial charge < -0.3 is 4.74 Å². The molecule has 0 fully saturated rings. The maximum absolute atomic E-state index is 5.39. The van der Waals surface area contributed by atoms with Gasteiger partial charge in [0.1, 0.15) is 12.1 Å². The fraction of sp³-hybridized carbons (Fsp3) is 0.385. The van der Waals surface area contributed by atoms with Crippen LogP contribution in [-0.2, 0) is 0 Å². The Morgan fingerprint density at radius 1 is 1.26 bits per heavy atom. The topological polar surface area (TPSA) is 39.9 Å². The quantitative estimate of drug-likeness (QED) is 0.627. The minimum atomic E-state index is -1.11. The van der Waals surface area contributed by atoms with Gasteiger partial charge in [-0.1, -0.05) is 43.5 Å². The van der Waals surface area contributed by atoms with E-state index in [1.807, 2.05) is 28.8 Å². The highest BCUT2D eigenvalue weighted by Gasteiger charge is 2.17. The number of nitrogens with zero attached hydrogens (tertiary/aromatic N) is 3. The van der Waals surface area contributed by atoms with E-state index in [2.05, 4.69) is 29.8 Å². The molecule has 6 heteroatoms. The standard InChI is InChI=1S/C13H19N3OSSi/c1-17-12-8-6-5-7-11(12)16-9-14-15-13(16)18-10-19(2,3)4/h5-9H,10H2,1-4H3. The zero-order valence-corrected chi connectivity index (χ0v) is 13.6. The van der Waals surface area contributed by atoms with E-state index in [0.29, 0.717) is 0 Å². The zero-order chi connectivity index (χ0) is 13.9. The van der Waals surface area contributed by atoms with E-state index in [4.69, 9.17) is 4.74 Å². The fourth-order valence-electron chi connectivity index (χ4n) is 1.60. The maximum atomic E-state index is 5.39. The number of hydrogen-bond donors (Lipinski definition) is 0. The third kappa shape index (κ3) is 3.60. The molecule has 0 amide bonds. The molecule has 0 aliphatic rings. The second-order valence-corrected chi connectivity index (χ2v) is 12.4. The Kier molecular flexibility index (Phi) is 4.31. The van der Waals surface area contributed by atoms with Gasteiger partial charge in [0.2, 0.25) is 0 Å². The second-order valence-electron chi connectivity index (χ2n) is 5.50. The summed E-state index contributed by atoms with van der Waals surface area (Å²) in [6, 6.07) is 7.91. The first-order chi connectivity index (χ1) is 9.01. The van der Waals surface area contributed by atoms with Crippen molar-refractivity contribution in [2.75, 3.05) is 12.5 Å². The average molecular weight is 293 g/mol. The van der Waals surface area contributed by atoms with E-state index in [9.17, 15) is 0 Å². The fourth-order valence-corrected chi connectivity index (χ4v) is 4.24. The van der Waals surface area contributed by atoms with Crippen LogP contribution in [0.25, 0.3) is 5.69 Å². The Morgan fingerprint density at radius 2 is 2.00 bits per heavy atom. The highest BCUT2D eigenvalue weighted by Crippen LogP contribution is 2.27. The van der Waals surface area contributed by atoms with Crippen LogP contribution in [0.4, 0.5) is 0 Å². The van der Waals surface area contributed by atoms with Gasteiger partial charge in [0.05, 0.1) is 20.9 Å². The van der Waals surface area contributed by atoms with Gasteiger partial charge in [-0.15, -0.1) is 10.2 Å². The molecule has 1 heterocycles. The van der Waals surface area contributed by atoms with Crippen LogP contribution in [0.3, 0.4) is 0 Å². The third-order valence-corrected chi connectivity index (χ3v) is 7.07. The van der Waals surface area contributed by atoms with Gasteiger partial charge in [-0.2, -0.15) is 0 Å². The first-order valence-corrected chi connectivity index (χ1v) is 10.9. The van der Waals surface area contributed by atoms with Crippen molar-refractivity contribution >= 4 is 19.8 Å². The molecule has 0 saturated carbocycles. The maximum Gasteiger partial charge on any atom is 0.195 e. The molecule has 2 aromatic rings. The lowest BCUT2D eigenvalue weighted by Crippen LogP contribution is -2.24. The molecule has 4 nitrogen and oxygen atoms in total. The van der Waals surface area contributed by atoms with Gasteiger partial charge in [-0.05, 0) is 17.5 Å². The van der Waals surface area contributed by atoms with Crippen molar-refractivity contribution in [1.82, 2.24) is 14.8 Å². The van der Waals surface area contributed by atoms with Gasteiger partial charge in [0.15, 0.2) is 5.16 Å². The summed E-state index contributed by atoms with van der Waals surface area (Å²) in [6.45, 7) is 7.05. The molecule has 0 aliphatic heterocycles. The van der Waals surface area contributed by atoms with Crippen molar-refractivity contribution in [2.24, 2.45) is 0 Å². The van der Waals surface area contributed by atoms with E-state index in [1.54, 1.807) is 25.2 Å². The predicted molar refractivity (Wildman–Crippen MR) is 82.0 cm³/mol. The summed E-state index contributed by atoms with van der Waals surface area (Å²) in [6.07, 6.45) is 1.74. The number of hydrogen-bond acceptors (Lipinski definition) is 4. The summed E-state index contributed by atoms with van der Waals surface area (Å²) in [7, 11) is 0.570. The minimum absolute atomic E-state index is 0.831. The van der Waals surface area contributed by atoms with Gasteiger partial charge in [0, 0.05) is 0 Å². The molecule has 102 valence electrons. The molecule has 0 aliphatic carbocycles. The molecular weight excluding hydrogens is 274 g/mol. The van der Waals surface area contributed by atoms with Gasteiger partial charge in [-0.3, -0.25) is 4.57 Å². The van der Waals surface area contributed by atoms with E-state index in [0.717, 1.165) is 22.0 Å². The summed E-state index contributed by atoms with van der Waals surface area (Å²) in [5.74, 6) is 0.831. The van der Waals surface area contributed by atoms with Crippen molar-refractivity contribution in [2.45, 2.75) is 24.8 Å². The average Bonchev–Trinajstić information content (AvgIpc) is 2.83. The van der Waals surface area contributed by atoms with Crippen molar-refractivity contribution in [3.63, 3.8) is 0 Å². The van der Waals surface area contributed by atoms with Gasteiger partial charge in [-0.25, -0.2) is 0 Å². The number of para-hydroxylation sites is 2. The Balaban J connectivity index is 2.29. The molecule has 0 bridgehead atoms. The van der Waals surface area contributed by atoms with Gasteiger partial charge in [0.25, 0.3) is 0 Å². The van der Waals surface area contributed by atoms with E-state index < -0.39 is 8.07 Å². The first kappa shape index (κ1) is 14.1. The lowest BCUT2D eigenvalue weighted by molar-refractivity contribution is 0.412. The van der Waals surface area contributed by atoms with Crippen LogP contribution in [-0.4, -0.2) is 35.3 Å². The molecule has 2 rings (SSSR count). The number of rotatable bonds is 5. The lowest BCUT2D eigenvalue weighted by Gasteiger charge is -2.15. The molecule has 1 aromatic carbocycles. The van der Waals surface area contributed by atoms with E-state index in [1.165, 1.54) is 0 Å². The monoisotopic (exact) mass is 293 g/mol. The van der Waals surface area contributed by atoms with Crippen LogP contribution in [0.15, 0.2) is 35.7 Å². The van der Waals surface area contributed by atoms with Crippen LogP contribution >= 0.6 is 11.8 Å². The van der Waals surface area contributed by atoms with Crippen molar-refractivity contribution in [1.29, 1.82) is 0 Å². The molecule has 19 heavy (non-hydrogen) atoms. The number of thioether (sulfide) groups is 1. The van der Waals surface area contributed by atoms with Gasteiger partial charge >= 0.3 is 0 Å². The normalized spacial score (nSPS) is 11.6. The first-order valence-electron chi connectivity index (χ1n) is 6.17. The van der Waals surface area contributed by atoms with E-state index in [-0.39, 0.29) is 0 Å². The highest BCUT2D eigenvalue weighted by atomic mass is 32.2. The summed E-state index contributed by atoms with van der Waals surface area (Å²) in [5, 5.41) is 10.3. The number of benzene rings is 1. The second kappa shape index (κ2) is 5.79. The molecule has 0 spiro atoms. The molecular formula is C13H19N3OSSi. The third-order valence-electron chi connectivity index (χ3n) is 2.50. The van der Waals surface area contributed by atoms with Crippen molar-refractivity contribution in [3.8, 4) is 11.4 Å². The van der Waals surface area contributed by atoms with Crippen molar-refractivity contribution < 1.29 is 4.74 Å². The van der Waals surface area contributed by atoms with Crippen LogP contribution < -0.4 is 4.74 Å². The number of aromatic nitrogens is 3. The van der Waals surface area contributed by atoms with Crippen molar-refractivity contribution in [3.05, 3.63) is 30.6 Å². The Labute approximate surface area is 119 Å². The molecule has 0 N–H and O–H groups in total. The summed E-state index contributed by atoms with van der Waals surface area (Å²) < 4.78 is 7.38. The predicted octanol–water partition coefficient (Wildman–Crippen LogP) is 3.25. The summed E-state index contributed by atoms with van der Waals surface area (Å²) >= 11 is 1.77. The minimum Gasteiger partial charge on any atom is -0.495 e. The molecule has 1 aromatic heterocycles. The molecule has 0 unspecified atom stereocenters. The van der Waals surface area contributed by atoms with Crippen LogP contribution in [0.1, 0.15) is 0 Å². The summed E-state index contributed by atoms with van der Waals surface area (Å²) in [5.41, 5.74) is 0.980. The number of ether oxygens (including phenoxy) is 1. The smallest absolute Gasteiger partial charge is 0.195 e.